The Morgan fingerprint density at radius 3 is 2.95 bits per heavy atom. The van der Waals surface area contributed by atoms with E-state index in [1.165, 1.54) is 11.3 Å². The first-order valence-corrected chi connectivity index (χ1v) is 7.61. The average Bonchev–Trinajstić information content (AvgIpc) is 2.79. The number of rotatable bonds is 2. The van der Waals surface area contributed by atoms with E-state index in [1.807, 2.05) is 24.3 Å². The number of aromatic nitrogens is 1. The topological polar surface area (TPSA) is 39.2 Å². The molecule has 0 bridgehead atoms. The Labute approximate surface area is 123 Å². The minimum Gasteiger partial charge on any atom is -0.496 e. The number of ketones is 1. The van der Waals surface area contributed by atoms with Crippen LogP contribution in [0.3, 0.4) is 0 Å². The zero-order valence-electron chi connectivity index (χ0n) is 10.4. The summed E-state index contributed by atoms with van der Waals surface area (Å²) >= 11 is 4.78. The largest absolute Gasteiger partial charge is 0.496 e. The molecule has 0 fully saturated rings. The number of methoxy groups -OCH3 is 1. The van der Waals surface area contributed by atoms with Crippen molar-refractivity contribution in [1.82, 2.24) is 4.98 Å². The van der Waals surface area contributed by atoms with Crippen LogP contribution in [0.1, 0.15) is 33.3 Å². The molecule has 98 valence electrons. The number of benzene rings is 1. The summed E-state index contributed by atoms with van der Waals surface area (Å²) in [5, 5.41) is 0. The van der Waals surface area contributed by atoms with Crippen LogP contribution < -0.4 is 4.74 Å². The van der Waals surface area contributed by atoms with E-state index >= 15 is 0 Å². The molecule has 19 heavy (non-hydrogen) atoms. The van der Waals surface area contributed by atoms with Gasteiger partial charge in [-0.05, 0) is 34.0 Å². The highest BCUT2D eigenvalue weighted by Crippen LogP contribution is 2.39. The van der Waals surface area contributed by atoms with Gasteiger partial charge in [-0.25, -0.2) is 4.98 Å². The molecule has 5 heteroatoms. The Bertz CT molecular complexity index is 638. The summed E-state index contributed by atoms with van der Waals surface area (Å²) in [6.07, 6.45) is 1.32. The van der Waals surface area contributed by atoms with Crippen LogP contribution in [0.4, 0.5) is 0 Å². The van der Waals surface area contributed by atoms with Gasteiger partial charge in [-0.15, -0.1) is 11.3 Å². The average molecular weight is 338 g/mol. The first kappa shape index (κ1) is 12.8. The van der Waals surface area contributed by atoms with Gasteiger partial charge in [-0.2, -0.15) is 0 Å². The van der Waals surface area contributed by atoms with Gasteiger partial charge in [0.1, 0.15) is 5.75 Å². The van der Waals surface area contributed by atoms with Crippen molar-refractivity contribution in [3.63, 3.8) is 0 Å². The van der Waals surface area contributed by atoms with Crippen molar-refractivity contribution in [1.29, 1.82) is 0 Å². The number of hydrogen-bond donors (Lipinski definition) is 0. The highest BCUT2D eigenvalue weighted by atomic mass is 79.9. The fraction of sp³-hybridized carbons (Fsp3) is 0.286. The molecule has 1 aromatic heterocycles. The highest BCUT2D eigenvalue weighted by Gasteiger charge is 2.30. The number of hydrogen-bond acceptors (Lipinski definition) is 4. The molecule has 1 unspecified atom stereocenters. The number of para-hydroxylation sites is 1. The number of fused-ring (bicyclic) bond motifs is 1. The quantitative estimate of drug-likeness (QED) is 0.835. The molecule has 0 saturated heterocycles. The van der Waals surface area contributed by atoms with Crippen molar-refractivity contribution in [2.75, 3.05) is 7.11 Å². The van der Waals surface area contributed by atoms with Crippen molar-refractivity contribution < 1.29 is 9.53 Å². The number of carbonyl (C=O) groups is 1. The first-order chi connectivity index (χ1) is 9.19. The Hall–Kier alpha value is -1.20. The van der Waals surface area contributed by atoms with Crippen LogP contribution >= 0.6 is 27.3 Å². The third kappa shape index (κ3) is 2.32. The van der Waals surface area contributed by atoms with Gasteiger partial charge in [0.2, 0.25) is 0 Å². The second-order valence-corrected chi connectivity index (χ2v) is 6.79. The summed E-state index contributed by atoms with van der Waals surface area (Å²) in [6.45, 7) is 0. The predicted octanol–water partition coefficient (Wildman–Crippen LogP) is 3.83. The summed E-state index contributed by atoms with van der Waals surface area (Å²) < 4.78 is 6.17. The maximum absolute atomic E-state index is 12.2. The molecule has 0 aliphatic heterocycles. The van der Waals surface area contributed by atoms with Gasteiger partial charge in [-0.1, -0.05) is 18.2 Å². The molecule has 0 N–H and O–H groups in total. The third-order valence-corrected chi connectivity index (χ3v) is 4.96. The zero-order valence-corrected chi connectivity index (χ0v) is 12.8. The van der Waals surface area contributed by atoms with E-state index in [0.717, 1.165) is 32.2 Å². The second-order valence-electron chi connectivity index (χ2n) is 4.51. The van der Waals surface area contributed by atoms with Gasteiger partial charge in [0, 0.05) is 12.3 Å². The smallest absolute Gasteiger partial charge is 0.175 e. The number of thiazole rings is 1. The lowest BCUT2D eigenvalue weighted by atomic mass is 9.84. The maximum Gasteiger partial charge on any atom is 0.175 e. The van der Waals surface area contributed by atoms with E-state index in [2.05, 4.69) is 20.9 Å². The number of nitrogens with zero attached hydrogens (tertiary/aromatic N) is 1. The Morgan fingerprint density at radius 1 is 1.37 bits per heavy atom. The molecular formula is C14H12BrNO2S. The van der Waals surface area contributed by atoms with Gasteiger partial charge in [0.25, 0.3) is 0 Å². The molecule has 1 aliphatic rings. The van der Waals surface area contributed by atoms with E-state index in [9.17, 15) is 4.79 Å². The second kappa shape index (κ2) is 5.06. The molecular weight excluding hydrogens is 326 g/mol. The highest BCUT2D eigenvalue weighted by molar-refractivity contribution is 9.11. The van der Waals surface area contributed by atoms with Crippen LogP contribution in [-0.4, -0.2) is 17.9 Å². The fourth-order valence-corrected chi connectivity index (χ4v) is 3.99. The van der Waals surface area contributed by atoms with E-state index in [1.54, 1.807) is 7.11 Å². The van der Waals surface area contributed by atoms with Crippen LogP contribution in [0.15, 0.2) is 28.2 Å². The zero-order chi connectivity index (χ0) is 13.4. The SMILES string of the molecule is COc1ccccc1C1CC(=O)c2sc(Br)nc2C1. The van der Waals surface area contributed by atoms with Gasteiger partial charge < -0.3 is 4.74 Å². The standard InChI is InChI=1S/C14H12BrNO2S/c1-18-12-5-3-2-4-9(12)8-6-10-13(11(17)7-8)19-14(15)16-10/h2-5,8H,6-7H2,1H3. The number of carbonyl (C=O) groups excluding carboxylic acids is 1. The third-order valence-electron chi connectivity index (χ3n) is 3.37. The van der Waals surface area contributed by atoms with Crippen LogP contribution in [0.25, 0.3) is 0 Å². The molecule has 1 aromatic carbocycles. The summed E-state index contributed by atoms with van der Waals surface area (Å²) in [6, 6.07) is 7.89. The lowest BCUT2D eigenvalue weighted by Gasteiger charge is -2.22. The van der Waals surface area contributed by atoms with E-state index < -0.39 is 0 Å². The molecule has 0 saturated carbocycles. The first-order valence-electron chi connectivity index (χ1n) is 6.00. The predicted molar refractivity (Wildman–Crippen MR) is 78.2 cm³/mol. The minimum absolute atomic E-state index is 0.158. The Kier molecular flexibility index (Phi) is 3.41. The monoisotopic (exact) mass is 337 g/mol. The van der Waals surface area contributed by atoms with E-state index in [-0.39, 0.29) is 11.7 Å². The lowest BCUT2D eigenvalue weighted by molar-refractivity contribution is 0.0967. The van der Waals surface area contributed by atoms with Crippen molar-refractivity contribution in [2.24, 2.45) is 0 Å². The molecule has 1 atom stereocenters. The summed E-state index contributed by atoms with van der Waals surface area (Å²) in [7, 11) is 1.66. The van der Waals surface area contributed by atoms with Crippen LogP contribution in [0.2, 0.25) is 0 Å². The molecule has 0 amide bonds. The molecule has 2 aromatic rings. The van der Waals surface area contributed by atoms with Crippen molar-refractivity contribution in [3.8, 4) is 5.75 Å². The molecule has 0 spiro atoms. The van der Waals surface area contributed by atoms with Crippen LogP contribution in [0, 0.1) is 0 Å². The Balaban J connectivity index is 1.99. The number of Topliss-reactive ketones (excluding diaryl/α,β-unsaturated/α-hetero) is 1. The van der Waals surface area contributed by atoms with Crippen LogP contribution in [0.5, 0.6) is 5.75 Å². The maximum atomic E-state index is 12.2. The Morgan fingerprint density at radius 2 is 2.16 bits per heavy atom. The van der Waals surface area contributed by atoms with Crippen molar-refractivity contribution in [2.45, 2.75) is 18.8 Å². The molecule has 1 heterocycles. The van der Waals surface area contributed by atoms with Crippen molar-refractivity contribution in [3.05, 3.63) is 44.3 Å². The number of halogens is 1. The molecule has 1 aliphatic carbocycles. The minimum atomic E-state index is 0.158. The van der Waals surface area contributed by atoms with Gasteiger partial charge in [-0.3, -0.25) is 4.79 Å². The van der Waals surface area contributed by atoms with Gasteiger partial charge >= 0.3 is 0 Å². The van der Waals surface area contributed by atoms with Crippen LogP contribution in [-0.2, 0) is 6.42 Å². The molecule has 0 radical (unpaired) electrons. The van der Waals surface area contributed by atoms with Gasteiger partial charge in [0.15, 0.2) is 9.70 Å². The normalized spacial score (nSPS) is 18.2. The lowest BCUT2D eigenvalue weighted by Crippen LogP contribution is -2.18. The number of ether oxygens (including phenoxy) is 1. The molecule has 3 nitrogen and oxygen atoms in total. The van der Waals surface area contributed by atoms with Gasteiger partial charge in [0.05, 0.1) is 17.7 Å². The van der Waals surface area contributed by atoms with E-state index in [0.29, 0.717) is 6.42 Å². The van der Waals surface area contributed by atoms with Crippen molar-refractivity contribution >= 4 is 33.0 Å². The summed E-state index contributed by atoms with van der Waals surface area (Å²) in [5.74, 6) is 1.18. The van der Waals surface area contributed by atoms with E-state index in [4.69, 9.17) is 4.74 Å². The summed E-state index contributed by atoms with van der Waals surface area (Å²) in [5.41, 5.74) is 2.00. The molecule has 3 rings (SSSR count). The summed E-state index contributed by atoms with van der Waals surface area (Å²) in [4.78, 5) is 17.4. The fourth-order valence-electron chi connectivity index (χ4n) is 2.52.